The van der Waals surface area contributed by atoms with Crippen LogP contribution >= 0.6 is 11.3 Å². The van der Waals surface area contributed by atoms with E-state index in [2.05, 4.69) is 15.3 Å². The molecule has 3 aromatic rings. The van der Waals surface area contributed by atoms with Gasteiger partial charge >= 0.3 is 5.97 Å². The van der Waals surface area contributed by atoms with E-state index in [1.54, 1.807) is 30.5 Å². The molecule has 1 N–H and O–H groups in total. The molecule has 0 fully saturated rings. The molecule has 0 spiro atoms. The monoisotopic (exact) mass is 341 g/mol. The van der Waals surface area contributed by atoms with Gasteiger partial charge in [0.2, 0.25) is 0 Å². The Morgan fingerprint density at radius 1 is 1.29 bits per heavy atom. The van der Waals surface area contributed by atoms with E-state index in [1.807, 2.05) is 6.07 Å². The molecule has 0 atom stereocenters. The summed E-state index contributed by atoms with van der Waals surface area (Å²) in [5, 5.41) is 5.50. The summed E-state index contributed by atoms with van der Waals surface area (Å²) in [7, 11) is 0. The van der Waals surface area contributed by atoms with Crippen LogP contribution in [0, 0.1) is 0 Å². The molecule has 0 amide bonds. The van der Waals surface area contributed by atoms with Crippen molar-refractivity contribution in [2.24, 2.45) is 0 Å². The number of Topliss-reactive ketones (excluding diaryl/α,β-unsaturated/α-hetero) is 1. The number of carbonyl (C=O) groups excluding carboxylic acids is 2. The molecule has 0 aliphatic carbocycles. The number of carbonyl (C=O) groups is 2. The van der Waals surface area contributed by atoms with Crippen LogP contribution < -0.4 is 5.32 Å². The van der Waals surface area contributed by atoms with Crippen molar-refractivity contribution in [3.63, 3.8) is 0 Å². The highest BCUT2D eigenvalue weighted by Crippen LogP contribution is 2.31. The minimum Gasteiger partial charge on any atom is -0.462 e. The van der Waals surface area contributed by atoms with Gasteiger partial charge in [-0.05, 0) is 26.0 Å². The molecule has 122 valence electrons. The second kappa shape index (κ2) is 6.76. The van der Waals surface area contributed by atoms with Crippen molar-refractivity contribution >= 4 is 44.8 Å². The van der Waals surface area contributed by atoms with Crippen molar-refractivity contribution in [2.45, 2.75) is 13.8 Å². The van der Waals surface area contributed by atoms with Gasteiger partial charge in [0.15, 0.2) is 5.78 Å². The van der Waals surface area contributed by atoms with E-state index in [-0.39, 0.29) is 5.78 Å². The van der Waals surface area contributed by atoms with E-state index in [9.17, 15) is 9.59 Å². The molecule has 0 aliphatic heterocycles. The van der Waals surface area contributed by atoms with Crippen LogP contribution in [-0.4, -0.2) is 28.3 Å². The number of ether oxygens (including phenoxy) is 1. The Bertz CT molecular complexity index is 920. The van der Waals surface area contributed by atoms with Gasteiger partial charge in [-0.25, -0.2) is 14.8 Å². The lowest BCUT2D eigenvalue weighted by Gasteiger charge is -2.09. The average molecular weight is 341 g/mol. The molecule has 0 radical (unpaired) electrons. The first-order chi connectivity index (χ1) is 11.6. The number of esters is 1. The maximum atomic E-state index is 12.1. The maximum absolute atomic E-state index is 12.1. The second-order valence-electron chi connectivity index (χ2n) is 5.03. The number of aromatic nitrogens is 2. The van der Waals surface area contributed by atoms with E-state index in [0.717, 1.165) is 0 Å². The summed E-state index contributed by atoms with van der Waals surface area (Å²) in [6.45, 7) is 3.57. The molecule has 2 aromatic heterocycles. The van der Waals surface area contributed by atoms with Crippen LogP contribution in [0.4, 0.5) is 11.5 Å². The van der Waals surface area contributed by atoms with Crippen LogP contribution in [0.1, 0.15) is 34.6 Å². The van der Waals surface area contributed by atoms with Crippen molar-refractivity contribution in [3.8, 4) is 0 Å². The molecular weight excluding hydrogens is 326 g/mol. The van der Waals surface area contributed by atoms with Crippen LogP contribution in [0.25, 0.3) is 10.2 Å². The largest absolute Gasteiger partial charge is 0.462 e. The number of hydrogen-bond acceptors (Lipinski definition) is 7. The van der Waals surface area contributed by atoms with Gasteiger partial charge in [0.25, 0.3) is 0 Å². The Hall–Kier alpha value is -2.80. The second-order valence-corrected chi connectivity index (χ2v) is 5.89. The van der Waals surface area contributed by atoms with Crippen molar-refractivity contribution in [2.75, 3.05) is 11.9 Å². The Kier molecular flexibility index (Phi) is 4.52. The van der Waals surface area contributed by atoms with Crippen LogP contribution in [0.15, 0.2) is 36.0 Å². The summed E-state index contributed by atoms with van der Waals surface area (Å²) in [6, 6.07) is 7.11. The number of anilines is 2. The van der Waals surface area contributed by atoms with Crippen LogP contribution in [0.3, 0.4) is 0 Å². The fourth-order valence-electron chi connectivity index (χ4n) is 2.28. The number of ketones is 1. The summed E-state index contributed by atoms with van der Waals surface area (Å²) in [4.78, 5) is 32.8. The van der Waals surface area contributed by atoms with Crippen molar-refractivity contribution in [1.82, 2.24) is 9.97 Å². The van der Waals surface area contributed by atoms with E-state index in [1.165, 1.54) is 24.6 Å². The zero-order chi connectivity index (χ0) is 17.1. The molecule has 6 nitrogen and oxygen atoms in total. The van der Waals surface area contributed by atoms with Crippen molar-refractivity contribution in [3.05, 3.63) is 47.1 Å². The van der Waals surface area contributed by atoms with Gasteiger partial charge in [0.1, 0.15) is 17.0 Å². The van der Waals surface area contributed by atoms with E-state index < -0.39 is 5.97 Å². The molecule has 0 unspecified atom stereocenters. The van der Waals surface area contributed by atoms with E-state index in [0.29, 0.717) is 39.5 Å². The van der Waals surface area contributed by atoms with Crippen molar-refractivity contribution in [1.29, 1.82) is 0 Å². The average Bonchev–Trinajstić information content (AvgIpc) is 3.00. The Balaban J connectivity index is 2.03. The Morgan fingerprint density at radius 3 is 2.88 bits per heavy atom. The van der Waals surface area contributed by atoms with Crippen molar-refractivity contribution < 1.29 is 14.3 Å². The number of nitrogens with one attached hydrogen (secondary N) is 1. The third kappa shape index (κ3) is 3.11. The van der Waals surface area contributed by atoms with Gasteiger partial charge in [0.05, 0.1) is 17.6 Å². The lowest BCUT2D eigenvalue weighted by Crippen LogP contribution is -2.05. The Morgan fingerprint density at radius 2 is 2.12 bits per heavy atom. The topological polar surface area (TPSA) is 81.2 Å². The zero-order valence-electron chi connectivity index (χ0n) is 13.2. The highest BCUT2D eigenvalue weighted by molar-refractivity contribution is 7.17. The number of rotatable bonds is 5. The van der Waals surface area contributed by atoms with Gasteiger partial charge in [-0.15, -0.1) is 11.3 Å². The lowest BCUT2D eigenvalue weighted by atomic mass is 10.1. The van der Waals surface area contributed by atoms with Crippen LogP contribution in [0.5, 0.6) is 0 Å². The van der Waals surface area contributed by atoms with Gasteiger partial charge in [0, 0.05) is 16.6 Å². The minimum absolute atomic E-state index is 0.0192. The highest BCUT2D eigenvalue weighted by atomic mass is 32.1. The SMILES string of the molecule is CCOC(=O)c1csc2ncnc(Nc3cccc(C(C)=O)c3)c12. The van der Waals surface area contributed by atoms with Crippen LogP contribution in [-0.2, 0) is 4.74 Å². The van der Waals surface area contributed by atoms with Gasteiger partial charge in [-0.1, -0.05) is 12.1 Å². The predicted octanol–water partition coefficient (Wildman–Crippen LogP) is 3.81. The maximum Gasteiger partial charge on any atom is 0.339 e. The molecule has 0 saturated carbocycles. The summed E-state index contributed by atoms with van der Waals surface area (Å²) in [6.07, 6.45) is 1.44. The Labute approximate surface area is 142 Å². The molecule has 3 rings (SSSR count). The molecule has 7 heteroatoms. The third-order valence-electron chi connectivity index (χ3n) is 3.40. The highest BCUT2D eigenvalue weighted by Gasteiger charge is 2.18. The molecule has 1 aromatic carbocycles. The molecule has 2 heterocycles. The molecule has 0 saturated heterocycles. The molecule has 24 heavy (non-hydrogen) atoms. The predicted molar refractivity (Wildman–Crippen MR) is 93.1 cm³/mol. The number of benzene rings is 1. The smallest absolute Gasteiger partial charge is 0.339 e. The lowest BCUT2D eigenvalue weighted by molar-refractivity contribution is 0.0529. The normalized spacial score (nSPS) is 10.6. The number of fused-ring (bicyclic) bond motifs is 1. The fraction of sp³-hybridized carbons (Fsp3) is 0.176. The molecule has 0 aliphatic rings. The van der Waals surface area contributed by atoms with E-state index >= 15 is 0 Å². The summed E-state index contributed by atoms with van der Waals surface area (Å²) >= 11 is 1.35. The minimum atomic E-state index is -0.404. The first kappa shape index (κ1) is 16.1. The number of hydrogen-bond donors (Lipinski definition) is 1. The standard InChI is InChI=1S/C17H15N3O3S/c1-3-23-17(22)13-8-24-16-14(13)15(18-9-19-16)20-12-6-4-5-11(7-12)10(2)21/h4-9H,3H2,1-2H3,(H,18,19,20). The molecule has 0 bridgehead atoms. The third-order valence-corrected chi connectivity index (χ3v) is 4.28. The zero-order valence-corrected chi connectivity index (χ0v) is 14.0. The van der Waals surface area contributed by atoms with Gasteiger partial charge in [-0.3, -0.25) is 4.79 Å². The van der Waals surface area contributed by atoms with Crippen LogP contribution in [0.2, 0.25) is 0 Å². The first-order valence-electron chi connectivity index (χ1n) is 7.37. The number of thiophene rings is 1. The van der Waals surface area contributed by atoms with E-state index in [4.69, 9.17) is 4.74 Å². The number of nitrogens with zero attached hydrogens (tertiary/aromatic N) is 2. The summed E-state index contributed by atoms with van der Waals surface area (Å²) in [5.74, 6) is 0.0818. The quantitative estimate of drug-likeness (QED) is 0.561. The first-order valence-corrected chi connectivity index (χ1v) is 8.25. The molecular formula is C17H15N3O3S. The van der Waals surface area contributed by atoms with Gasteiger partial charge in [-0.2, -0.15) is 0 Å². The summed E-state index contributed by atoms with van der Waals surface area (Å²) in [5.41, 5.74) is 1.74. The summed E-state index contributed by atoms with van der Waals surface area (Å²) < 4.78 is 5.09. The van der Waals surface area contributed by atoms with Gasteiger partial charge < -0.3 is 10.1 Å². The fourth-order valence-corrected chi connectivity index (χ4v) is 3.16.